The zero-order valence-corrected chi connectivity index (χ0v) is 10.1. The van der Waals surface area contributed by atoms with Crippen molar-refractivity contribution in [3.63, 3.8) is 0 Å². The number of anilines is 1. The molecule has 0 radical (unpaired) electrons. The highest BCUT2D eigenvalue weighted by Crippen LogP contribution is 2.14. The summed E-state index contributed by atoms with van der Waals surface area (Å²) in [5.74, 6) is -0.332. The van der Waals surface area contributed by atoms with Crippen LogP contribution < -0.4 is 4.72 Å². The lowest BCUT2D eigenvalue weighted by Crippen LogP contribution is -2.04. The van der Waals surface area contributed by atoms with E-state index in [-0.39, 0.29) is 5.82 Å². The maximum Gasteiger partial charge on any atom is 0.150 e. The molecule has 0 amide bonds. The molecule has 0 aliphatic carbocycles. The van der Waals surface area contributed by atoms with Gasteiger partial charge in [0.15, 0.2) is 0 Å². The Labute approximate surface area is 102 Å². The van der Waals surface area contributed by atoms with Crippen molar-refractivity contribution in [2.24, 2.45) is 0 Å². The summed E-state index contributed by atoms with van der Waals surface area (Å²) in [6.45, 7) is 1.96. The molecular formula is C13H12FNOS. The quantitative estimate of drug-likeness (QED) is 0.888. The number of benzene rings is 2. The number of aryl methyl sites for hydroxylation is 1. The lowest BCUT2D eigenvalue weighted by atomic mass is 10.2. The van der Waals surface area contributed by atoms with Crippen molar-refractivity contribution in [1.82, 2.24) is 0 Å². The Morgan fingerprint density at radius 3 is 2.47 bits per heavy atom. The second-order valence-corrected chi connectivity index (χ2v) is 4.91. The summed E-state index contributed by atoms with van der Waals surface area (Å²) in [4.78, 5) is 0.549. The fraction of sp³-hybridized carbons (Fsp3) is 0.0769. The molecular weight excluding hydrogens is 237 g/mol. The third-order valence-corrected chi connectivity index (χ3v) is 3.38. The Bertz CT molecular complexity index is 539. The molecule has 1 N–H and O–H groups in total. The summed E-state index contributed by atoms with van der Waals surface area (Å²) >= 11 is 0. The Morgan fingerprint density at radius 1 is 1.12 bits per heavy atom. The molecule has 0 aromatic heterocycles. The van der Waals surface area contributed by atoms with Gasteiger partial charge in [-0.15, -0.1) is 0 Å². The van der Waals surface area contributed by atoms with Gasteiger partial charge in [-0.25, -0.2) is 8.60 Å². The summed E-state index contributed by atoms with van der Waals surface area (Å²) in [6.07, 6.45) is 0. The first-order valence-corrected chi connectivity index (χ1v) is 6.31. The third kappa shape index (κ3) is 3.14. The molecule has 0 aliphatic heterocycles. The van der Waals surface area contributed by atoms with Crippen LogP contribution in [0.15, 0.2) is 53.4 Å². The van der Waals surface area contributed by atoms with Gasteiger partial charge in [-0.2, -0.15) is 0 Å². The van der Waals surface area contributed by atoms with Crippen LogP contribution in [0.5, 0.6) is 0 Å². The maximum atomic E-state index is 12.7. The Balaban J connectivity index is 2.14. The normalized spacial score (nSPS) is 12.1. The molecule has 1 atom stereocenters. The molecule has 0 spiro atoms. The maximum absolute atomic E-state index is 12.7. The van der Waals surface area contributed by atoms with Crippen LogP contribution >= 0.6 is 0 Å². The fourth-order valence-corrected chi connectivity index (χ4v) is 2.27. The minimum Gasteiger partial charge on any atom is -0.301 e. The van der Waals surface area contributed by atoms with Gasteiger partial charge in [0.05, 0.1) is 4.90 Å². The highest BCUT2D eigenvalue weighted by Gasteiger charge is 2.04. The van der Waals surface area contributed by atoms with E-state index in [1.165, 1.54) is 24.3 Å². The second-order valence-electron chi connectivity index (χ2n) is 3.69. The van der Waals surface area contributed by atoms with Crippen LogP contribution in [0.2, 0.25) is 0 Å². The van der Waals surface area contributed by atoms with Crippen LogP contribution in [0.25, 0.3) is 0 Å². The molecule has 0 saturated carbocycles. The Morgan fingerprint density at radius 2 is 1.82 bits per heavy atom. The first-order chi connectivity index (χ1) is 8.15. The molecule has 0 saturated heterocycles. The van der Waals surface area contributed by atoms with E-state index in [9.17, 15) is 8.60 Å². The predicted octanol–water partition coefficient (Wildman–Crippen LogP) is 3.27. The van der Waals surface area contributed by atoms with Crippen LogP contribution in [-0.4, -0.2) is 4.21 Å². The molecule has 4 heteroatoms. The molecule has 1 unspecified atom stereocenters. The molecule has 2 rings (SSSR count). The predicted molar refractivity (Wildman–Crippen MR) is 67.6 cm³/mol. The van der Waals surface area contributed by atoms with E-state index in [1.807, 2.05) is 31.2 Å². The first-order valence-electron chi connectivity index (χ1n) is 5.16. The lowest BCUT2D eigenvalue weighted by Gasteiger charge is -2.06. The van der Waals surface area contributed by atoms with Crippen molar-refractivity contribution < 1.29 is 8.60 Å². The van der Waals surface area contributed by atoms with E-state index in [4.69, 9.17) is 0 Å². The number of halogens is 1. The molecule has 2 aromatic carbocycles. The van der Waals surface area contributed by atoms with E-state index >= 15 is 0 Å². The average molecular weight is 249 g/mol. The van der Waals surface area contributed by atoms with Gasteiger partial charge in [-0.1, -0.05) is 12.1 Å². The van der Waals surface area contributed by atoms with Crippen molar-refractivity contribution >= 4 is 16.7 Å². The highest BCUT2D eigenvalue weighted by molar-refractivity contribution is 7.86. The van der Waals surface area contributed by atoms with Gasteiger partial charge in [0.1, 0.15) is 16.8 Å². The number of hydrogen-bond acceptors (Lipinski definition) is 1. The SMILES string of the molecule is Cc1cccc(NS(=O)c2ccc(F)cc2)c1. The molecule has 0 aliphatic rings. The van der Waals surface area contributed by atoms with E-state index in [1.54, 1.807) is 0 Å². The molecule has 0 fully saturated rings. The van der Waals surface area contributed by atoms with Gasteiger partial charge >= 0.3 is 0 Å². The van der Waals surface area contributed by atoms with Gasteiger partial charge in [0.25, 0.3) is 0 Å². The summed E-state index contributed by atoms with van der Waals surface area (Å²) in [5, 5.41) is 0. The number of hydrogen-bond donors (Lipinski definition) is 1. The summed E-state index contributed by atoms with van der Waals surface area (Å²) in [6, 6.07) is 13.2. The van der Waals surface area contributed by atoms with Crippen LogP contribution in [0.3, 0.4) is 0 Å². The minimum atomic E-state index is -1.37. The van der Waals surface area contributed by atoms with Crippen molar-refractivity contribution in [1.29, 1.82) is 0 Å². The molecule has 88 valence electrons. The monoisotopic (exact) mass is 249 g/mol. The Hall–Kier alpha value is -1.68. The Kier molecular flexibility index (Phi) is 3.54. The summed E-state index contributed by atoms with van der Waals surface area (Å²) in [7, 11) is -1.37. The average Bonchev–Trinajstić information content (AvgIpc) is 2.29. The molecule has 0 bridgehead atoms. The zero-order chi connectivity index (χ0) is 12.3. The fourth-order valence-electron chi connectivity index (χ4n) is 1.43. The van der Waals surface area contributed by atoms with Crippen molar-refractivity contribution in [2.75, 3.05) is 4.72 Å². The van der Waals surface area contributed by atoms with Gasteiger partial charge in [-0.05, 0) is 48.9 Å². The van der Waals surface area contributed by atoms with Crippen molar-refractivity contribution in [3.05, 3.63) is 59.9 Å². The van der Waals surface area contributed by atoms with Crippen LogP contribution in [0.1, 0.15) is 5.56 Å². The third-order valence-electron chi connectivity index (χ3n) is 2.26. The van der Waals surface area contributed by atoms with Gasteiger partial charge in [0, 0.05) is 5.69 Å². The van der Waals surface area contributed by atoms with E-state index < -0.39 is 11.0 Å². The largest absolute Gasteiger partial charge is 0.301 e. The molecule has 2 nitrogen and oxygen atoms in total. The van der Waals surface area contributed by atoms with Gasteiger partial charge < -0.3 is 4.72 Å². The van der Waals surface area contributed by atoms with Crippen molar-refractivity contribution in [3.8, 4) is 0 Å². The van der Waals surface area contributed by atoms with Crippen molar-refractivity contribution in [2.45, 2.75) is 11.8 Å². The lowest BCUT2D eigenvalue weighted by molar-refractivity contribution is 0.626. The number of nitrogens with one attached hydrogen (secondary N) is 1. The van der Waals surface area contributed by atoms with Crippen LogP contribution in [0, 0.1) is 12.7 Å². The molecule has 17 heavy (non-hydrogen) atoms. The minimum absolute atomic E-state index is 0.332. The topological polar surface area (TPSA) is 29.1 Å². The van der Waals surface area contributed by atoms with E-state index in [0.29, 0.717) is 4.90 Å². The van der Waals surface area contributed by atoms with Gasteiger partial charge in [-0.3, -0.25) is 0 Å². The standard InChI is InChI=1S/C13H12FNOS/c1-10-3-2-4-12(9-10)15-17(16)13-7-5-11(14)6-8-13/h2-9,15H,1H3. The highest BCUT2D eigenvalue weighted by atomic mass is 32.2. The molecule has 2 aromatic rings. The van der Waals surface area contributed by atoms with E-state index in [2.05, 4.69) is 4.72 Å². The van der Waals surface area contributed by atoms with Gasteiger partial charge in [0.2, 0.25) is 0 Å². The zero-order valence-electron chi connectivity index (χ0n) is 9.31. The second kappa shape index (κ2) is 5.10. The smallest absolute Gasteiger partial charge is 0.150 e. The summed E-state index contributed by atoms with van der Waals surface area (Å²) in [5.41, 5.74) is 1.87. The summed E-state index contributed by atoms with van der Waals surface area (Å²) < 4.78 is 27.5. The van der Waals surface area contributed by atoms with Crippen LogP contribution in [0.4, 0.5) is 10.1 Å². The number of rotatable bonds is 3. The van der Waals surface area contributed by atoms with Crippen LogP contribution in [-0.2, 0) is 11.0 Å². The van der Waals surface area contributed by atoms with E-state index in [0.717, 1.165) is 11.3 Å². The molecule has 0 heterocycles. The first kappa shape index (κ1) is 11.8.